The van der Waals surface area contributed by atoms with Crippen LogP contribution in [-0.2, 0) is 9.84 Å². The number of hydrogen-bond donors (Lipinski definition) is 1. The summed E-state index contributed by atoms with van der Waals surface area (Å²) >= 11 is 0. The summed E-state index contributed by atoms with van der Waals surface area (Å²) < 4.78 is 47.8. The highest BCUT2D eigenvalue weighted by molar-refractivity contribution is 7.91. The molecule has 0 aliphatic carbocycles. The summed E-state index contributed by atoms with van der Waals surface area (Å²) in [5, 5.41) is 2.57. The lowest BCUT2D eigenvalue weighted by Crippen LogP contribution is -2.22. The maximum Gasteiger partial charge on any atom is 0.341 e. The van der Waals surface area contributed by atoms with Crippen LogP contribution >= 0.6 is 0 Å². The third-order valence-corrected chi connectivity index (χ3v) is 4.85. The molecule has 0 saturated heterocycles. The van der Waals surface area contributed by atoms with Gasteiger partial charge < -0.3 is 10.2 Å². The molecule has 0 heterocycles. The third kappa shape index (κ3) is 4.23. The summed E-state index contributed by atoms with van der Waals surface area (Å²) in [6, 6.07) is 10.5. The molecule has 0 bridgehead atoms. The first-order chi connectivity index (χ1) is 12.1. The van der Waals surface area contributed by atoms with Crippen LogP contribution in [0.5, 0.6) is 0 Å². The van der Waals surface area contributed by atoms with Crippen molar-refractivity contribution in [3.05, 3.63) is 59.7 Å². The van der Waals surface area contributed by atoms with Crippen LogP contribution in [0.25, 0.3) is 0 Å². The minimum absolute atomic E-state index is 0.0857. The number of alkyl halides is 2. The predicted molar refractivity (Wildman–Crippen MR) is 92.0 cm³/mol. The quantitative estimate of drug-likeness (QED) is 0.862. The van der Waals surface area contributed by atoms with Crippen LogP contribution in [0.2, 0.25) is 0 Å². The van der Waals surface area contributed by atoms with Gasteiger partial charge in [0.2, 0.25) is 9.84 Å². The zero-order valence-electron chi connectivity index (χ0n) is 13.9. The molecule has 6 nitrogen and oxygen atoms in total. The Bertz CT molecular complexity index is 926. The van der Waals surface area contributed by atoms with Crippen LogP contribution in [0.4, 0.5) is 14.5 Å². The van der Waals surface area contributed by atoms with Gasteiger partial charge in [-0.3, -0.25) is 9.59 Å². The molecule has 1 N–H and O–H groups in total. The molecule has 2 aromatic carbocycles. The monoisotopic (exact) mass is 382 g/mol. The minimum atomic E-state index is -4.71. The molecular formula is C17H16F2N2O4S. The molecule has 9 heteroatoms. The highest BCUT2D eigenvalue weighted by atomic mass is 32.2. The van der Waals surface area contributed by atoms with Crippen molar-refractivity contribution in [1.82, 2.24) is 4.90 Å². The normalized spacial score (nSPS) is 11.3. The third-order valence-electron chi connectivity index (χ3n) is 3.45. The van der Waals surface area contributed by atoms with E-state index < -0.39 is 26.4 Å². The molecule has 0 spiro atoms. The van der Waals surface area contributed by atoms with Crippen molar-refractivity contribution < 1.29 is 26.8 Å². The Morgan fingerprint density at radius 2 is 1.62 bits per heavy atom. The summed E-state index contributed by atoms with van der Waals surface area (Å²) in [6.07, 6.45) is 0. The highest BCUT2D eigenvalue weighted by Crippen LogP contribution is 2.19. The van der Waals surface area contributed by atoms with Gasteiger partial charge >= 0.3 is 5.76 Å². The molecule has 0 atom stereocenters. The Hall–Kier alpha value is -2.81. The Balaban J connectivity index is 2.18. The van der Waals surface area contributed by atoms with Crippen molar-refractivity contribution in [3.8, 4) is 0 Å². The van der Waals surface area contributed by atoms with E-state index in [0.29, 0.717) is 11.3 Å². The van der Waals surface area contributed by atoms with E-state index in [1.54, 1.807) is 32.3 Å². The van der Waals surface area contributed by atoms with Gasteiger partial charge in [-0.1, -0.05) is 6.07 Å². The van der Waals surface area contributed by atoms with Crippen molar-refractivity contribution >= 4 is 27.3 Å². The number of rotatable bonds is 5. The van der Waals surface area contributed by atoms with Crippen molar-refractivity contribution in [2.75, 3.05) is 19.4 Å². The Morgan fingerprint density at radius 3 is 2.15 bits per heavy atom. The van der Waals surface area contributed by atoms with Gasteiger partial charge in [0.1, 0.15) is 0 Å². The standard InChI is InChI=1S/C17H16F2N2O4S/c1-21(2)16(23)12-4-3-5-13(10-12)20-15(22)11-6-8-14(9-7-11)26(24,25)17(18)19/h3-10,17H,1-2H3,(H,20,22). The second-order valence-corrected chi connectivity index (χ2v) is 7.48. The number of halogens is 2. The number of amides is 2. The molecule has 2 amide bonds. The van der Waals surface area contributed by atoms with Gasteiger partial charge in [-0.05, 0) is 42.5 Å². The largest absolute Gasteiger partial charge is 0.345 e. The maximum absolute atomic E-state index is 12.5. The first-order valence-electron chi connectivity index (χ1n) is 7.38. The zero-order valence-corrected chi connectivity index (χ0v) is 14.8. The molecule has 26 heavy (non-hydrogen) atoms. The first kappa shape index (κ1) is 19.5. The van der Waals surface area contributed by atoms with Crippen LogP contribution in [0.1, 0.15) is 20.7 Å². The molecule has 2 aromatic rings. The molecule has 138 valence electrons. The van der Waals surface area contributed by atoms with Crippen LogP contribution < -0.4 is 5.32 Å². The fourth-order valence-corrected chi connectivity index (χ4v) is 2.81. The molecule has 0 fully saturated rings. The van der Waals surface area contributed by atoms with Gasteiger partial charge in [0.15, 0.2) is 0 Å². The van der Waals surface area contributed by atoms with Gasteiger partial charge in [-0.15, -0.1) is 0 Å². The zero-order chi connectivity index (χ0) is 19.5. The van der Waals surface area contributed by atoms with E-state index in [0.717, 1.165) is 24.3 Å². The number of anilines is 1. The fraction of sp³-hybridized carbons (Fsp3) is 0.176. The second-order valence-electron chi connectivity index (χ2n) is 5.56. The highest BCUT2D eigenvalue weighted by Gasteiger charge is 2.26. The second kappa shape index (κ2) is 7.61. The molecule has 0 unspecified atom stereocenters. The SMILES string of the molecule is CN(C)C(=O)c1cccc(NC(=O)c2ccc(S(=O)(=O)C(F)F)cc2)c1. The minimum Gasteiger partial charge on any atom is -0.345 e. The van der Waals surface area contributed by atoms with Gasteiger partial charge in [-0.2, -0.15) is 8.78 Å². The van der Waals surface area contributed by atoms with Crippen LogP contribution in [0.3, 0.4) is 0 Å². The molecule has 0 radical (unpaired) electrons. The van der Waals surface area contributed by atoms with E-state index in [1.165, 1.54) is 11.0 Å². The molecule has 0 saturated carbocycles. The number of benzene rings is 2. The smallest absolute Gasteiger partial charge is 0.341 e. The van der Waals surface area contributed by atoms with E-state index in [9.17, 15) is 26.8 Å². The summed E-state index contributed by atoms with van der Waals surface area (Å²) in [4.78, 5) is 25.0. The number of carbonyl (C=O) groups excluding carboxylic acids is 2. The lowest BCUT2D eigenvalue weighted by molar-refractivity contribution is 0.0827. The molecular weight excluding hydrogens is 366 g/mol. The number of sulfone groups is 1. The number of nitrogens with one attached hydrogen (secondary N) is 1. The van der Waals surface area contributed by atoms with Gasteiger partial charge in [0.25, 0.3) is 11.8 Å². The Morgan fingerprint density at radius 1 is 1.00 bits per heavy atom. The molecule has 0 aliphatic heterocycles. The number of carbonyl (C=O) groups is 2. The van der Waals surface area contributed by atoms with Gasteiger partial charge in [0.05, 0.1) is 4.90 Å². The van der Waals surface area contributed by atoms with Gasteiger partial charge in [-0.25, -0.2) is 8.42 Å². The van der Waals surface area contributed by atoms with E-state index >= 15 is 0 Å². The van der Waals surface area contributed by atoms with Crippen LogP contribution in [0.15, 0.2) is 53.4 Å². The summed E-state index contributed by atoms with van der Waals surface area (Å²) in [5.74, 6) is -4.33. The van der Waals surface area contributed by atoms with Crippen LogP contribution in [-0.4, -0.2) is 45.0 Å². The maximum atomic E-state index is 12.5. The first-order valence-corrected chi connectivity index (χ1v) is 8.92. The fourth-order valence-electron chi connectivity index (χ4n) is 2.09. The lowest BCUT2D eigenvalue weighted by atomic mass is 10.1. The van der Waals surface area contributed by atoms with Crippen molar-refractivity contribution in [2.45, 2.75) is 10.7 Å². The van der Waals surface area contributed by atoms with Gasteiger partial charge in [0, 0.05) is 30.9 Å². The lowest BCUT2D eigenvalue weighted by Gasteiger charge is -2.12. The van der Waals surface area contributed by atoms with E-state index in [-0.39, 0.29) is 11.5 Å². The summed E-state index contributed by atoms with van der Waals surface area (Å²) in [7, 11) is -1.51. The van der Waals surface area contributed by atoms with E-state index in [4.69, 9.17) is 0 Å². The van der Waals surface area contributed by atoms with Crippen molar-refractivity contribution in [1.29, 1.82) is 0 Å². The average molecular weight is 382 g/mol. The van der Waals surface area contributed by atoms with Crippen LogP contribution in [0, 0.1) is 0 Å². The Kier molecular flexibility index (Phi) is 5.71. The molecule has 0 aliphatic rings. The summed E-state index contributed by atoms with van der Waals surface area (Å²) in [5.41, 5.74) is 0.834. The summed E-state index contributed by atoms with van der Waals surface area (Å²) in [6.45, 7) is 0. The Labute approximate surface area is 149 Å². The average Bonchev–Trinajstić information content (AvgIpc) is 2.61. The molecule has 0 aromatic heterocycles. The van der Waals surface area contributed by atoms with E-state index in [1.807, 2.05) is 0 Å². The van der Waals surface area contributed by atoms with Crippen molar-refractivity contribution in [2.24, 2.45) is 0 Å². The number of nitrogens with zero attached hydrogens (tertiary/aromatic N) is 1. The predicted octanol–water partition coefficient (Wildman–Crippen LogP) is 2.64. The topological polar surface area (TPSA) is 83.6 Å². The van der Waals surface area contributed by atoms with E-state index in [2.05, 4.69) is 5.32 Å². The van der Waals surface area contributed by atoms with Crippen molar-refractivity contribution in [3.63, 3.8) is 0 Å². The number of hydrogen-bond acceptors (Lipinski definition) is 4. The molecule has 2 rings (SSSR count).